The second kappa shape index (κ2) is 4.85. The van der Waals surface area contributed by atoms with Gasteiger partial charge in [-0.05, 0) is 39.0 Å². The second-order valence-corrected chi connectivity index (χ2v) is 7.47. The van der Waals surface area contributed by atoms with E-state index in [1.807, 2.05) is 18.5 Å². The summed E-state index contributed by atoms with van der Waals surface area (Å²) in [5.41, 5.74) is 3.02. The van der Waals surface area contributed by atoms with Crippen LogP contribution >= 0.6 is 0 Å². The maximum atomic E-state index is 13.0. The maximum absolute atomic E-state index is 13.0. The van der Waals surface area contributed by atoms with E-state index in [0.29, 0.717) is 6.04 Å². The maximum Gasteiger partial charge on any atom is 0.257 e. The molecule has 0 aromatic carbocycles. The number of amides is 1. The number of aromatic nitrogens is 2. The minimum Gasteiger partial charge on any atom is -0.334 e. The Morgan fingerprint density at radius 3 is 2.52 bits per heavy atom. The Morgan fingerprint density at radius 1 is 1.33 bits per heavy atom. The van der Waals surface area contributed by atoms with E-state index >= 15 is 0 Å². The molecule has 1 aliphatic carbocycles. The van der Waals surface area contributed by atoms with E-state index in [9.17, 15) is 4.79 Å². The Balaban J connectivity index is 1.86. The molecule has 1 saturated heterocycles. The van der Waals surface area contributed by atoms with Crippen LogP contribution in [0, 0.1) is 25.2 Å². The first-order chi connectivity index (χ1) is 9.86. The number of aryl methyl sites for hydroxylation is 2. The number of hydrogen-bond donors (Lipinski definition) is 0. The van der Waals surface area contributed by atoms with Gasteiger partial charge in [-0.1, -0.05) is 20.8 Å². The fourth-order valence-electron chi connectivity index (χ4n) is 4.02. The highest BCUT2D eigenvalue weighted by Gasteiger charge is 2.54. The predicted octanol–water partition coefficient (Wildman–Crippen LogP) is 3.17. The van der Waals surface area contributed by atoms with Crippen LogP contribution in [0.4, 0.5) is 0 Å². The molecule has 1 aliphatic heterocycles. The second-order valence-electron chi connectivity index (χ2n) is 7.47. The molecule has 0 bridgehead atoms. The summed E-state index contributed by atoms with van der Waals surface area (Å²) >= 11 is 0. The minimum absolute atomic E-state index is 0.198. The monoisotopic (exact) mass is 289 g/mol. The van der Waals surface area contributed by atoms with Crippen molar-refractivity contribution in [1.29, 1.82) is 0 Å². The van der Waals surface area contributed by atoms with Crippen LogP contribution in [0.25, 0.3) is 0 Å². The molecule has 2 aliphatic rings. The van der Waals surface area contributed by atoms with Crippen molar-refractivity contribution in [3.8, 4) is 0 Å². The van der Waals surface area contributed by atoms with E-state index in [1.54, 1.807) is 0 Å². The van der Waals surface area contributed by atoms with Gasteiger partial charge in [0.25, 0.3) is 5.91 Å². The molecule has 1 aromatic heterocycles. The van der Waals surface area contributed by atoms with Crippen LogP contribution in [0.1, 0.15) is 61.8 Å². The van der Waals surface area contributed by atoms with Crippen molar-refractivity contribution >= 4 is 5.91 Å². The number of carbonyl (C=O) groups is 1. The summed E-state index contributed by atoms with van der Waals surface area (Å²) < 4.78 is 1.99. The van der Waals surface area contributed by atoms with Gasteiger partial charge in [-0.15, -0.1) is 0 Å². The Kier molecular flexibility index (Phi) is 3.38. The normalized spacial score (nSPS) is 24.0. The van der Waals surface area contributed by atoms with Gasteiger partial charge in [0, 0.05) is 30.2 Å². The molecule has 0 spiro atoms. The molecule has 1 amide bonds. The van der Waals surface area contributed by atoms with Crippen molar-refractivity contribution in [2.75, 3.05) is 6.54 Å². The topological polar surface area (TPSA) is 38.1 Å². The van der Waals surface area contributed by atoms with Gasteiger partial charge in [0.2, 0.25) is 0 Å². The van der Waals surface area contributed by atoms with Crippen molar-refractivity contribution in [3.05, 3.63) is 17.0 Å². The summed E-state index contributed by atoms with van der Waals surface area (Å²) in [6.45, 7) is 12.5. The van der Waals surface area contributed by atoms with Crippen molar-refractivity contribution in [3.63, 3.8) is 0 Å². The molecule has 4 heteroatoms. The Labute approximate surface area is 127 Å². The van der Waals surface area contributed by atoms with E-state index in [1.165, 1.54) is 12.8 Å². The van der Waals surface area contributed by atoms with Gasteiger partial charge in [-0.25, -0.2) is 0 Å². The molecule has 1 aromatic rings. The molecular formula is C17H27N3O. The average molecular weight is 289 g/mol. The molecule has 1 unspecified atom stereocenters. The Morgan fingerprint density at radius 2 is 2.00 bits per heavy atom. The summed E-state index contributed by atoms with van der Waals surface area (Å²) in [6.07, 6.45) is 3.60. The minimum atomic E-state index is 0.198. The number of nitrogens with zero attached hydrogens (tertiary/aromatic N) is 3. The first-order valence-electron chi connectivity index (χ1n) is 8.21. The molecule has 0 N–H and O–H groups in total. The van der Waals surface area contributed by atoms with Gasteiger partial charge < -0.3 is 4.90 Å². The fourth-order valence-corrected chi connectivity index (χ4v) is 4.02. The molecule has 21 heavy (non-hydrogen) atoms. The van der Waals surface area contributed by atoms with Crippen LogP contribution in [-0.2, 0) is 6.54 Å². The smallest absolute Gasteiger partial charge is 0.257 e. The molecule has 116 valence electrons. The van der Waals surface area contributed by atoms with Crippen LogP contribution in [-0.4, -0.2) is 33.2 Å². The first kappa shape index (κ1) is 14.6. The molecule has 3 rings (SSSR count). The van der Waals surface area contributed by atoms with E-state index in [4.69, 9.17) is 0 Å². The van der Waals surface area contributed by atoms with E-state index < -0.39 is 0 Å². The van der Waals surface area contributed by atoms with Crippen molar-refractivity contribution < 1.29 is 4.79 Å². The van der Waals surface area contributed by atoms with Gasteiger partial charge in [-0.3, -0.25) is 9.48 Å². The zero-order valence-electron chi connectivity index (χ0n) is 13.9. The van der Waals surface area contributed by atoms with Crippen LogP contribution in [0.3, 0.4) is 0 Å². The van der Waals surface area contributed by atoms with Gasteiger partial charge >= 0.3 is 0 Å². The lowest BCUT2D eigenvalue weighted by Gasteiger charge is -2.55. The number of likely N-dealkylation sites (tertiary alicyclic amines) is 1. The average Bonchev–Trinajstić information content (AvgIpc) is 3.15. The van der Waals surface area contributed by atoms with Gasteiger partial charge in [0.15, 0.2) is 0 Å². The summed E-state index contributed by atoms with van der Waals surface area (Å²) in [4.78, 5) is 15.1. The van der Waals surface area contributed by atoms with Crippen molar-refractivity contribution in [2.45, 2.75) is 66.5 Å². The lowest BCUT2D eigenvalue weighted by atomic mass is 9.72. The highest BCUT2D eigenvalue weighted by molar-refractivity contribution is 5.97. The Hall–Kier alpha value is -1.32. The molecule has 1 atom stereocenters. The lowest BCUT2D eigenvalue weighted by molar-refractivity contribution is -0.0410. The van der Waals surface area contributed by atoms with E-state index in [-0.39, 0.29) is 11.3 Å². The largest absolute Gasteiger partial charge is 0.334 e. The molecular weight excluding hydrogens is 262 g/mol. The summed E-state index contributed by atoms with van der Waals surface area (Å²) in [7, 11) is 0. The fraction of sp³-hybridized carbons (Fsp3) is 0.765. The Bertz CT molecular complexity index is 569. The summed E-state index contributed by atoms with van der Waals surface area (Å²) in [5.74, 6) is 0.924. The quantitative estimate of drug-likeness (QED) is 0.854. The molecule has 0 radical (unpaired) electrons. The third-order valence-corrected chi connectivity index (χ3v) is 5.07. The third kappa shape index (κ3) is 2.29. The van der Waals surface area contributed by atoms with Crippen molar-refractivity contribution in [2.24, 2.45) is 11.3 Å². The summed E-state index contributed by atoms with van der Waals surface area (Å²) in [6, 6.07) is 0.429. The van der Waals surface area contributed by atoms with Gasteiger partial charge in [0.1, 0.15) is 0 Å². The van der Waals surface area contributed by atoms with Crippen molar-refractivity contribution in [1.82, 2.24) is 14.7 Å². The molecule has 1 saturated carbocycles. The molecule has 2 fully saturated rings. The van der Waals surface area contributed by atoms with Crippen LogP contribution in [0.2, 0.25) is 0 Å². The van der Waals surface area contributed by atoms with Gasteiger partial charge in [0.05, 0.1) is 11.3 Å². The van der Waals surface area contributed by atoms with Crippen LogP contribution in [0.15, 0.2) is 0 Å². The zero-order chi connectivity index (χ0) is 15.4. The lowest BCUT2D eigenvalue weighted by Crippen LogP contribution is -2.64. The van der Waals surface area contributed by atoms with Crippen LogP contribution < -0.4 is 0 Å². The predicted molar refractivity (Wildman–Crippen MR) is 83.3 cm³/mol. The zero-order valence-corrected chi connectivity index (χ0v) is 13.9. The standard InChI is InChI=1S/C17H27N3O/c1-6-9-20-12(3)14(11(2)18-20)16(21)19-10-17(4,5)15(19)13-7-8-13/h13,15H,6-10H2,1-5H3. The molecule has 2 heterocycles. The highest BCUT2D eigenvalue weighted by atomic mass is 16.2. The number of rotatable bonds is 4. The number of hydrogen-bond acceptors (Lipinski definition) is 2. The van der Waals surface area contributed by atoms with Crippen LogP contribution in [0.5, 0.6) is 0 Å². The third-order valence-electron chi connectivity index (χ3n) is 5.07. The SMILES string of the molecule is CCCn1nc(C)c(C(=O)N2CC(C)(C)C2C2CC2)c1C. The first-order valence-corrected chi connectivity index (χ1v) is 8.21. The molecule has 4 nitrogen and oxygen atoms in total. The van der Waals surface area contributed by atoms with Gasteiger partial charge in [-0.2, -0.15) is 5.10 Å². The van der Waals surface area contributed by atoms with E-state index in [0.717, 1.165) is 42.4 Å². The summed E-state index contributed by atoms with van der Waals surface area (Å²) in [5, 5.41) is 4.55. The number of carbonyl (C=O) groups excluding carboxylic acids is 1. The van der Waals surface area contributed by atoms with E-state index in [2.05, 4.69) is 30.8 Å². The highest BCUT2D eigenvalue weighted by Crippen LogP contribution is 2.50.